The molecule has 0 rings (SSSR count). The molecule has 0 aliphatic rings. The highest BCUT2D eigenvalue weighted by Crippen LogP contribution is 2.31. The normalized spacial score (nSPS) is 13.9. The minimum absolute atomic E-state index is 0.367. The highest BCUT2D eigenvalue weighted by molar-refractivity contribution is 5.77. The largest absolute Gasteiger partial charge is 0.351 e. The summed E-state index contributed by atoms with van der Waals surface area (Å²) in [5.74, 6) is -0.367. The van der Waals surface area contributed by atoms with Crippen molar-refractivity contribution in [3.05, 3.63) is 0 Å². The van der Waals surface area contributed by atoms with Crippen LogP contribution < -0.4 is 0 Å². The molecule has 0 aliphatic heterocycles. The predicted octanol–water partition coefficient (Wildman–Crippen LogP) is 3.79. The number of nitriles is 1. The van der Waals surface area contributed by atoms with E-state index in [0.717, 1.165) is 32.1 Å². The van der Waals surface area contributed by atoms with Gasteiger partial charge in [0.05, 0.1) is 5.41 Å². The Hall–Kier alpha value is -1.04. The highest BCUT2D eigenvalue weighted by atomic mass is 16.5. The van der Waals surface area contributed by atoms with Crippen LogP contribution in [0.15, 0.2) is 0 Å². The van der Waals surface area contributed by atoms with E-state index >= 15 is 0 Å². The molecule has 1 atom stereocenters. The van der Waals surface area contributed by atoms with Crippen molar-refractivity contribution in [2.24, 2.45) is 5.41 Å². The Morgan fingerprint density at radius 3 is 2.38 bits per heavy atom. The SMILES string of the molecule is CCCCCCC(C)(CCC)C(=O)OC#N. The zero-order valence-corrected chi connectivity index (χ0v) is 10.7. The van der Waals surface area contributed by atoms with E-state index in [2.05, 4.69) is 11.7 Å². The van der Waals surface area contributed by atoms with E-state index in [1.54, 1.807) is 0 Å². The number of ether oxygens (including phenoxy) is 1. The first kappa shape index (κ1) is 15.0. The molecule has 0 saturated carbocycles. The number of esters is 1. The van der Waals surface area contributed by atoms with E-state index < -0.39 is 5.41 Å². The summed E-state index contributed by atoms with van der Waals surface area (Å²) in [5.41, 5.74) is -0.474. The lowest BCUT2D eigenvalue weighted by Crippen LogP contribution is -2.28. The van der Waals surface area contributed by atoms with Crippen molar-refractivity contribution in [1.82, 2.24) is 0 Å². The molecule has 16 heavy (non-hydrogen) atoms. The fraction of sp³-hybridized carbons (Fsp3) is 0.846. The molecule has 0 bridgehead atoms. The molecule has 0 aliphatic carbocycles. The van der Waals surface area contributed by atoms with Crippen molar-refractivity contribution in [2.75, 3.05) is 0 Å². The summed E-state index contributed by atoms with van der Waals surface area (Å²) >= 11 is 0. The molecule has 0 saturated heterocycles. The number of hydrogen-bond acceptors (Lipinski definition) is 3. The third-order valence-electron chi connectivity index (χ3n) is 3.02. The molecule has 0 spiro atoms. The molecule has 3 heteroatoms. The molecule has 0 aromatic rings. The molecule has 92 valence electrons. The van der Waals surface area contributed by atoms with Gasteiger partial charge in [-0.2, -0.15) is 0 Å². The quantitative estimate of drug-likeness (QED) is 0.359. The van der Waals surface area contributed by atoms with E-state index in [1.807, 2.05) is 13.8 Å². The van der Waals surface area contributed by atoms with E-state index in [9.17, 15) is 4.79 Å². The van der Waals surface area contributed by atoms with Gasteiger partial charge >= 0.3 is 5.97 Å². The monoisotopic (exact) mass is 225 g/mol. The van der Waals surface area contributed by atoms with Crippen LogP contribution >= 0.6 is 0 Å². The molecule has 0 heterocycles. The lowest BCUT2D eigenvalue weighted by atomic mass is 9.80. The third-order valence-corrected chi connectivity index (χ3v) is 3.02. The van der Waals surface area contributed by atoms with Crippen LogP contribution in [-0.2, 0) is 9.53 Å². The molecule has 0 N–H and O–H groups in total. The average molecular weight is 225 g/mol. The molecule has 0 fully saturated rings. The second kappa shape index (κ2) is 8.15. The van der Waals surface area contributed by atoms with Crippen molar-refractivity contribution in [3.8, 4) is 6.26 Å². The Kier molecular flexibility index (Phi) is 7.62. The predicted molar refractivity (Wildman–Crippen MR) is 63.5 cm³/mol. The van der Waals surface area contributed by atoms with E-state index in [4.69, 9.17) is 5.26 Å². The Morgan fingerprint density at radius 2 is 1.88 bits per heavy atom. The Bertz CT molecular complexity index is 245. The Morgan fingerprint density at radius 1 is 1.19 bits per heavy atom. The van der Waals surface area contributed by atoms with Crippen LogP contribution in [0.5, 0.6) is 0 Å². The highest BCUT2D eigenvalue weighted by Gasteiger charge is 2.33. The van der Waals surface area contributed by atoms with Gasteiger partial charge in [0.2, 0.25) is 0 Å². The number of rotatable bonds is 8. The molecular weight excluding hydrogens is 202 g/mol. The average Bonchev–Trinajstić information content (AvgIpc) is 2.25. The molecule has 0 radical (unpaired) electrons. The van der Waals surface area contributed by atoms with Gasteiger partial charge in [0, 0.05) is 0 Å². The van der Waals surface area contributed by atoms with Crippen molar-refractivity contribution in [1.29, 1.82) is 5.26 Å². The minimum atomic E-state index is -0.474. The zero-order chi connectivity index (χ0) is 12.4. The summed E-state index contributed by atoms with van der Waals surface area (Å²) in [6.45, 7) is 6.11. The summed E-state index contributed by atoms with van der Waals surface area (Å²) in [7, 11) is 0. The van der Waals surface area contributed by atoms with E-state index in [0.29, 0.717) is 0 Å². The van der Waals surface area contributed by atoms with Crippen molar-refractivity contribution in [2.45, 2.75) is 65.7 Å². The van der Waals surface area contributed by atoms with Gasteiger partial charge in [-0.15, -0.1) is 5.26 Å². The first-order chi connectivity index (χ1) is 7.60. The summed E-state index contributed by atoms with van der Waals surface area (Å²) in [5, 5.41) is 8.38. The van der Waals surface area contributed by atoms with Crippen LogP contribution in [0, 0.1) is 16.9 Å². The molecule has 1 unspecified atom stereocenters. The fourth-order valence-corrected chi connectivity index (χ4v) is 1.99. The lowest BCUT2D eigenvalue weighted by Gasteiger charge is -2.25. The van der Waals surface area contributed by atoms with Gasteiger partial charge in [-0.05, 0) is 19.8 Å². The first-order valence-electron chi connectivity index (χ1n) is 6.21. The van der Waals surface area contributed by atoms with Gasteiger partial charge in [0.15, 0.2) is 0 Å². The minimum Gasteiger partial charge on any atom is -0.351 e. The summed E-state index contributed by atoms with van der Waals surface area (Å²) in [4.78, 5) is 11.7. The van der Waals surface area contributed by atoms with Crippen LogP contribution in [0.1, 0.15) is 65.7 Å². The third kappa shape index (κ3) is 5.16. The van der Waals surface area contributed by atoms with Crippen LogP contribution in [0.3, 0.4) is 0 Å². The summed E-state index contributed by atoms with van der Waals surface area (Å²) in [6.07, 6.45) is 8.60. The van der Waals surface area contributed by atoms with Gasteiger partial charge in [0.1, 0.15) is 0 Å². The van der Waals surface area contributed by atoms with Crippen molar-refractivity contribution in [3.63, 3.8) is 0 Å². The van der Waals surface area contributed by atoms with Crippen molar-refractivity contribution >= 4 is 5.97 Å². The fourth-order valence-electron chi connectivity index (χ4n) is 1.99. The zero-order valence-electron chi connectivity index (χ0n) is 10.7. The Labute approximate surface area is 98.8 Å². The van der Waals surface area contributed by atoms with Crippen LogP contribution in [0.4, 0.5) is 0 Å². The number of unbranched alkanes of at least 4 members (excludes halogenated alkanes) is 3. The first-order valence-corrected chi connectivity index (χ1v) is 6.21. The van der Waals surface area contributed by atoms with Gasteiger partial charge < -0.3 is 4.74 Å². The van der Waals surface area contributed by atoms with Crippen LogP contribution in [0.2, 0.25) is 0 Å². The van der Waals surface area contributed by atoms with Gasteiger partial charge in [-0.3, -0.25) is 4.79 Å². The topological polar surface area (TPSA) is 50.1 Å². The second-order valence-electron chi connectivity index (χ2n) is 4.60. The maximum absolute atomic E-state index is 11.7. The lowest BCUT2D eigenvalue weighted by molar-refractivity contribution is -0.148. The van der Waals surface area contributed by atoms with E-state index in [1.165, 1.54) is 19.1 Å². The maximum Gasteiger partial charge on any atom is 0.327 e. The smallest absolute Gasteiger partial charge is 0.327 e. The summed E-state index contributed by atoms with van der Waals surface area (Å²) < 4.78 is 4.48. The number of carbonyl (C=O) groups excluding carboxylic acids is 1. The molecule has 0 aromatic heterocycles. The van der Waals surface area contributed by atoms with Crippen molar-refractivity contribution < 1.29 is 9.53 Å². The molecule has 0 amide bonds. The maximum atomic E-state index is 11.7. The number of nitrogens with zero attached hydrogens (tertiary/aromatic N) is 1. The Balaban J connectivity index is 4.22. The second-order valence-corrected chi connectivity index (χ2v) is 4.60. The van der Waals surface area contributed by atoms with E-state index in [-0.39, 0.29) is 5.97 Å². The molecular formula is C13H23NO2. The van der Waals surface area contributed by atoms with Gasteiger partial charge in [-0.25, -0.2) is 0 Å². The van der Waals surface area contributed by atoms with Gasteiger partial charge in [0.25, 0.3) is 6.26 Å². The number of hydrogen-bond donors (Lipinski definition) is 0. The number of carbonyl (C=O) groups is 1. The molecule has 0 aromatic carbocycles. The standard InChI is InChI=1S/C13H23NO2/c1-4-6-7-8-10-13(3,9-5-2)12(15)16-11-14/h4-10H2,1-3H3. The van der Waals surface area contributed by atoms with Crippen LogP contribution in [0.25, 0.3) is 0 Å². The van der Waals surface area contributed by atoms with Crippen LogP contribution in [-0.4, -0.2) is 5.97 Å². The van der Waals surface area contributed by atoms with Gasteiger partial charge in [-0.1, -0.05) is 46.0 Å². The molecule has 3 nitrogen and oxygen atoms in total. The summed E-state index contributed by atoms with van der Waals surface area (Å²) in [6, 6.07) is 0.